The molecule has 0 bridgehead atoms. The number of aliphatic hydroxyl groups excluding tert-OH is 1. The highest BCUT2D eigenvalue weighted by Crippen LogP contribution is 2.23. The first-order valence-corrected chi connectivity index (χ1v) is 7.36. The van der Waals surface area contributed by atoms with Gasteiger partial charge in [-0.3, -0.25) is 9.59 Å². The van der Waals surface area contributed by atoms with Crippen LogP contribution >= 0.6 is 0 Å². The highest BCUT2D eigenvalue weighted by atomic mass is 16.3. The standard InChI is InChI=1S/C16H22N2O3/c1-10(2)14(19)7-8-17-16(21)12-3-5-13-11(9-12)4-6-15(20)18-13/h3,5,9-10,14,19H,4,6-8H2,1-2H3,(H,17,21)(H,18,20). The van der Waals surface area contributed by atoms with Crippen LogP contribution in [0.4, 0.5) is 5.69 Å². The van der Waals surface area contributed by atoms with Gasteiger partial charge < -0.3 is 15.7 Å². The number of anilines is 1. The van der Waals surface area contributed by atoms with Crippen LogP contribution in [-0.2, 0) is 11.2 Å². The summed E-state index contributed by atoms with van der Waals surface area (Å²) in [5.74, 6) is 0.0577. The number of benzene rings is 1. The maximum absolute atomic E-state index is 12.1. The quantitative estimate of drug-likeness (QED) is 0.772. The molecular formula is C16H22N2O3. The third kappa shape index (κ3) is 4.04. The number of hydrogen-bond donors (Lipinski definition) is 3. The Hall–Kier alpha value is -1.88. The molecule has 2 rings (SSSR count). The summed E-state index contributed by atoms with van der Waals surface area (Å²) in [6, 6.07) is 5.30. The Morgan fingerprint density at radius 1 is 1.38 bits per heavy atom. The lowest BCUT2D eigenvalue weighted by Gasteiger charge is -2.18. The van der Waals surface area contributed by atoms with E-state index < -0.39 is 6.10 Å². The van der Waals surface area contributed by atoms with E-state index in [4.69, 9.17) is 0 Å². The summed E-state index contributed by atoms with van der Waals surface area (Å²) in [5, 5.41) is 15.3. The van der Waals surface area contributed by atoms with Crippen molar-refractivity contribution in [1.82, 2.24) is 5.32 Å². The molecule has 1 aliphatic rings. The number of rotatable bonds is 5. The van der Waals surface area contributed by atoms with Gasteiger partial charge in [-0.25, -0.2) is 0 Å². The molecule has 2 amide bonds. The van der Waals surface area contributed by atoms with E-state index >= 15 is 0 Å². The molecule has 0 spiro atoms. The van der Waals surface area contributed by atoms with Crippen molar-refractivity contribution in [2.24, 2.45) is 5.92 Å². The predicted octanol–water partition coefficient (Wildman–Crippen LogP) is 1.71. The number of carbonyl (C=O) groups excluding carboxylic acids is 2. The highest BCUT2D eigenvalue weighted by Gasteiger charge is 2.17. The van der Waals surface area contributed by atoms with Gasteiger partial charge in [-0.15, -0.1) is 0 Å². The fourth-order valence-corrected chi connectivity index (χ4v) is 2.29. The monoisotopic (exact) mass is 290 g/mol. The van der Waals surface area contributed by atoms with E-state index in [1.165, 1.54) is 0 Å². The van der Waals surface area contributed by atoms with Crippen LogP contribution in [-0.4, -0.2) is 29.6 Å². The zero-order valence-corrected chi connectivity index (χ0v) is 12.5. The molecule has 1 aromatic carbocycles. The molecule has 21 heavy (non-hydrogen) atoms. The number of fused-ring (bicyclic) bond motifs is 1. The van der Waals surface area contributed by atoms with Gasteiger partial charge in [-0.2, -0.15) is 0 Å². The summed E-state index contributed by atoms with van der Waals surface area (Å²) >= 11 is 0. The molecule has 5 heteroatoms. The van der Waals surface area contributed by atoms with Crippen LogP contribution in [0.5, 0.6) is 0 Å². The van der Waals surface area contributed by atoms with Gasteiger partial charge in [0, 0.05) is 24.2 Å². The molecule has 0 fully saturated rings. The highest BCUT2D eigenvalue weighted by molar-refractivity contribution is 5.97. The molecule has 1 atom stereocenters. The smallest absolute Gasteiger partial charge is 0.251 e. The molecule has 0 aromatic heterocycles. The van der Waals surface area contributed by atoms with Gasteiger partial charge in [-0.05, 0) is 42.5 Å². The number of amides is 2. The number of hydrogen-bond acceptors (Lipinski definition) is 3. The average molecular weight is 290 g/mol. The first kappa shape index (κ1) is 15.5. The topological polar surface area (TPSA) is 78.4 Å². The minimum absolute atomic E-state index is 0.0161. The van der Waals surface area contributed by atoms with Crippen LogP contribution in [0.15, 0.2) is 18.2 Å². The Bertz CT molecular complexity index is 540. The van der Waals surface area contributed by atoms with E-state index in [9.17, 15) is 14.7 Å². The number of carbonyl (C=O) groups is 2. The van der Waals surface area contributed by atoms with Crippen molar-refractivity contribution < 1.29 is 14.7 Å². The van der Waals surface area contributed by atoms with E-state index in [1.807, 2.05) is 19.9 Å². The maximum Gasteiger partial charge on any atom is 0.251 e. The van der Waals surface area contributed by atoms with Gasteiger partial charge in [0.25, 0.3) is 5.91 Å². The summed E-state index contributed by atoms with van der Waals surface area (Å²) in [7, 11) is 0. The molecule has 1 heterocycles. The fraction of sp³-hybridized carbons (Fsp3) is 0.500. The Balaban J connectivity index is 1.93. The van der Waals surface area contributed by atoms with Crippen molar-refractivity contribution in [1.29, 1.82) is 0 Å². The molecule has 5 nitrogen and oxygen atoms in total. The van der Waals surface area contributed by atoms with Crippen LogP contribution in [0, 0.1) is 5.92 Å². The van der Waals surface area contributed by atoms with E-state index in [0.29, 0.717) is 31.4 Å². The molecule has 0 saturated heterocycles. The summed E-state index contributed by atoms with van der Waals surface area (Å²) < 4.78 is 0. The first-order valence-electron chi connectivity index (χ1n) is 7.36. The summed E-state index contributed by atoms with van der Waals surface area (Å²) in [4.78, 5) is 23.4. The number of aryl methyl sites for hydroxylation is 1. The zero-order valence-electron chi connectivity index (χ0n) is 12.5. The molecule has 114 valence electrons. The number of aliphatic hydroxyl groups is 1. The molecule has 1 unspecified atom stereocenters. The SMILES string of the molecule is CC(C)C(O)CCNC(=O)c1ccc2c(c1)CCC(=O)N2. The molecule has 1 aliphatic heterocycles. The Morgan fingerprint density at radius 3 is 2.86 bits per heavy atom. The van der Waals surface area contributed by atoms with Crippen molar-refractivity contribution in [3.8, 4) is 0 Å². The van der Waals surface area contributed by atoms with Crippen molar-refractivity contribution in [3.05, 3.63) is 29.3 Å². The van der Waals surface area contributed by atoms with Crippen molar-refractivity contribution in [3.63, 3.8) is 0 Å². The third-order valence-corrected chi connectivity index (χ3v) is 3.76. The van der Waals surface area contributed by atoms with Crippen LogP contribution in [0.1, 0.15) is 42.6 Å². The lowest BCUT2D eigenvalue weighted by atomic mass is 10.00. The van der Waals surface area contributed by atoms with Gasteiger partial charge in [0.05, 0.1) is 6.10 Å². The average Bonchev–Trinajstić information content (AvgIpc) is 2.46. The minimum Gasteiger partial charge on any atom is -0.393 e. The second-order valence-corrected chi connectivity index (χ2v) is 5.78. The third-order valence-electron chi connectivity index (χ3n) is 3.76. The molecule has 0 aliphatic carbocycles. The van der Waals surface area contributed by atoms with E-state index in [0.717, 1.165) is 11.3 Å². The normalized spacial score (nSPS) is 15.3. The lowest BCUT2D eigenvalue weighted by molar-refractivity contribution is -0.116. The molecule has 1 aromatic rings. The molecular weight excluding hydrogens is 268 g/mol. The Labute approximate surface area is 124 Å². The van der Waals surface area contributed by atoms with E-state index in [-0.39, 0.29) is 17.7 Å². The van der Waals surface area contributed by atoms with Crippen molar-refractivity contribution >= 4 is 17.5 Å². The minimum atomic E-state index is -0.399. The predicted molar refractivity (Wildman–Crippen MR) is 81.2 cm³/mol. The fourth-order valence-electron chi connectivity index (χ4n) is 2.29. The van der Waals surface area contributed by atoms with Crippen LogP contribution in [0.25, 0.3) is 0 Å². The van der Waals surface area contributed by atoms with Gasteiger partial charge in [0.15, 0.2) is 0 Å². The Morgan fingerprint density at radius 2 is 2.14 bits per heavy atom. The van der Waals surface area contributed by atoms with Crippen LogP contribution in [0.2, 0.25) is 0 Å². The van der Waals surface area contributed by atoms with Crippen LogP contribution in [0.3, 0.4) is 0 Å². The number of nitrogens with one attached hydrogen (secondary N) is 2. The first-order chi connectivity index (χ1) is 9.97. The second kappa shape index (κ2) is 6.72. The molecule has 0 saturated carbocycles. The lowest BCUT2D eigenvalue weighted by Crippen LogP contribution is -2.29. The van der Waals surface area contributed by atoms with Gasteiger partial charge >= 0.3 is 0 Å². The van der Waals surface area contributed by atoms with Gasteiger partial charge in [-0.1, -0.05) is 13.8 Å². The zero-order chi connectivity index (χ0) is 15.4. The van der Waals surface area contributed by atoms with Crippen molar-refractivity contribution in [2.45, 2.75) is 39.2 Å². The van der Waals surface area contributed by atoms with E-state index in [2.05, 4.69) is 10.6 Å². The Kier molecular flexibility index (Phi) is 4.96. The van der Waals surface area contributed by atoms with Crippen LogP contribution < -0.4 is 10.6 Å². The summed E-state index contributed by atoms with van der Waals surface area (Å²) in [6.45, 7) is 4.35. The summed E-state index contributed by atoms with van der Waals surface area (Å²) in [6.07, 6.45) is 1.27. The van der Waals surface area contributed by atoms with Gasteiger partial charge in [0.2, 0.25) is 5.91 Å². The molecule has 0 radical (unpaired) electrons. The van der Waals surface area contributed by atoms with Crippen molar-refractivity contribution in [2.75, 3.05) is 11.9 Å². The second-order valence-electron chi connectivity index (χ2n) is 5.78. The molecule has 3 N–H and O–H groups in total. The van der Waals surface area contributed by atoms with Gasteiger partial charge in [0.1, 0.15) is 0 Å². The maximum atomic E-state index is 12.1. The largest absolute Gasteiger partial charge is 0.393 e. The summed E-state index contributed by atoms with van der Waals surface area (Å²) in [5.41, 5.74) is 2.37. The van der Waals surface area contributed by atoms with E-state index in [1.54, 1.807) is 12.1 Å².